The van der Waals surface area contributed by atoms with Gasteiger partial charge in [0.1, 0.15) is 11.5 Å². The first-order chi connectivity index (χ1) is 14.7. The van der Waals surface area contributed by atoms with Gasteiger partial charge in [-0.05, 0) is 49.4 Å². The molecule has 0 aliphatic heterocycles. The molecule has 0 spiro atoms. The maximum Gasteiger partial charge on any atom is 0.339 e. The Labute approximate surface area is 173 Å². The Morgan fingerprint density at radius 3 is 2.57 bits per heavy atom. The zero-order valence-electron chi connectivity index (χ0n) is 16.2. The minimum atomic E-state index is -0.430. The van der Waals surface area contributed by atoms with Crippen LogP contribution in [0.5, 0.6) is 11.5 Å². The number of para-hydroxylation sites is 1. The van der Waals surface area contributed by atoms with E-state index in [4.69, 9.17) is 16.0 Å². The molecule has 7 nitrogen and oxygen atoms in total. The second-order valence-corrected chi connectivity index (χ2v) is 6.36. The summed E-state index contributed by atoms with van der Waals surface area (Å²) in [5.41, 5.74) is 2.66. The normalized spacial score (nSPS) is 10.4. The van der Waals surface area contributed by atoms with Gasteiger partial charge in [0.2, 0.25) is 5.69 Å². The van der Waals surface area contributed by atoms with E-state index in [9.17, 15) is 4.79 Å². The molecule has 0 aliphatic rings. The summed E-state index contributed by atoms with van der Waals surface area (Å²) in [6, 6.07) is 18.6. The van der Waals surface area contributed by atoms with Crippen molar-refractivity contribution in [3.63, 3.8) is 0 Å². The highest BCUT2D eigenvalue weighted by atomic mass is 16.5. The highest BCUT2D eigenvalue weighted by Crippen LogP contribution is 2.33. The number of esters is 1. The van der Waals surface area contributed by atoms with Crippen molar-refractivity contribution in [2.45, 2.75) is 6.92 Å². The fourth-order valence-corrected chi connectivity index (χ4v) is 2.96. The van der Waals surface area contributed by atoms with E-state index < -0.39 is 5.97 Å². The monoisotopic (exact) mass is 398 g/mol. The van der Waals surface area contributed by atoms with Crippen LogP contribution >= 0.6 is 0 Å². The molecule has 0 saturated heterocycles. The van der Waals surface area contributed by atoms with Crippen molar-refractivity contribution in [3.05, 3.63) is 90.0 Å². The highest BCUT2D eigenvalue weighted by Gasteiger charge is 2.15. The fraction of sp³-hybridized carbons (Fsp3) is 0.0870. The van der Waals surface area contributed by atoms with Gasteiger partial charge in [-0.2, -0.15) is 5.10 Å². The number of benzene rings is 2. The zero-order valence-corrected chi connectivity index (χ0v) is 16.2. The summed E-state index contributed by atoms with van der Waals surface area (Å²) < 4.78 is 12.4. The molecule has 0 saturated carbocycles. The van der Waals surface area contributed by atoms with Crippen LogP contribution in [-0.2, 0) is 4.74 Å². The van der Waals surface area contributed by atoms with Crippen LogP contribution in [0.1, 0.15) is 17.3 Å². The number of nitrogens with zero attached hydrogens (tertiary/aromatic N) is 3. The van der Waals surface area contributed by atoms with Gasteiger partial charge in [0, 0.05) is 11.9 Å². The lowest BCUT2D eigenvalue weighted by Crippen LogP contribution is -2.02. The van der Waals surface area contributed by atoms with Crippen molar-refractivity contribution in [1.82, 2.24) is 9.61 Å². The quantitative estimate of drug-likeness (QED) is 0.338. The van der Waals surface area contributed by atoms with Crippen LogP contribution < -0.4 is 10.1 Å². The summed E-state index contributed by atoms with van der Waals surface area (Å²) in [4.78, 5) is 15.6. The van der Waals surface area contributed by atoms with Crippen molar-refractivity contribution in [3.8, 4) is 11.5 Å². The van der Waals surface area contributed by atoms with Crippen LogP contribution in [0.3, 0.4) is 0 Å². The van der Waals surface area contributed by atoms with Gasteiger partial charge >= 0.3 is 5.97 Å². The van der Waals surface area contributed by atoms with Crippen LogP contribution in [0.15, 0.2) is 73.1 Å². The first-order valence-electron chi connectivity index (χ1n) is 9.34. The van der Waals surface area contributed by atoms with Crippen LogP contribution in [0.25, 0.3) is 10.4 Å². The molecule has 0 unspecified atom stereocenters. The number of rotatable bonds is 6. The van der Waals surface area contributed by atoms with Gasteiger partial charge in [0.05, 0.1) is 36.1 Å². The van der Waals surface area contributed by atoms with Crippen molar-refractivity contribution in [2.24, 2.45) is 0 Å². The molecule has 7 heteroatoms. The molecule has 4 rings (SSSR count). The molecule has 0 amide bonds. The minimum Gasteiger partial charge on any atom is -0.462 e. The van der Waals surface area contributed by atoms with Gasteiger partial charge in [-0.15, -0.1) is 0 Å². The maximum absolute atomic E-state index is 12.1. The maximum atomic E-state index is 12.1. The third-order valence-corrected chi connectivity index (χ3v) is 4.35. The predicted octanol–water partition coefficient (Wildman–Crippen LogP) is 5.60. The van der Waals surface area contributed by atoms with Gasteiger partial charge in [-0.1, -0.05) is 18.2 Å². The Morgan fingerprint density at radius 1 is 1.13 bits per heavy atom. The summed E-state index contributed by atoms with van der Waals surface area (Å²) in [7, 11) is 0. The summed E-state index contributed by atoms with van der Waals surface area (Å²) in [6.45, 7) is 9.50. The predicted molar refractivity (Wildman–Crippen MR) is 114 cm³/mol. The van der Waals surface area contributed by atoms with Gasteiger partial charge < -0.3 is 14.8 Å². The first kappa shape index (κ1) is 19.0. The first-order valence-corrected chi connectivity index (χ1v) is 9.34. The van der Waals surface area contributed by atoms with Crippen LogP contribution in [0.4, 0.5) is 17.1 Å². The zero-order chi connectivity index (χ0) is 20.9. The van der Waals surface area contributed by atoms with Gasteiger partial charge in [0.15, 0.2) is 0 Å². The number of aromatic nitrogens is 2. The number of carbonyl (C=O) groups is 1. The SMILES string of the molecule is [C-]#[N+]c1cnn2cc(C(=O)OCC)cc2c1Nc1ccc(Oc2ccccc2)cc1. The Bertz CT molecular complexity index is 1230. The standard InChI is InChI=1S/C23H18N4O3/c1-3-29-23(28)16-13-21-22(20(24-2)14-25-27(21)15-16)26-17-9-11-19(12-10-17)30-18-7-5-4-6-8-18/h4-15,26H,3H2,1H3. The lowest BCUT2D eigenvalue weighted by atomic mass is 10.2. The molecule has 2 heterocycles. The lowest BCUT2D eigenvalue weighted by Gasteiger charge is -2.11. The Kier molecular flexibility index (Phi) is 5.31. The van der Waals surface area contributed by atoms with E-state index in [1.807, 2.05) is 54.6 Å². The third kappa shape index (κ3) is 3.93. The van der Waals surface area contributed by atoms with Crippen LogP contribution in [0.2, 0.25) is 0 Å². The van der Waals surface area contributed by atoms with E-state index in [1.165, 1.54) is 6.20 Å². The molecule has 0 bridgehead atoms. The van der Waals surface area contributed by atoms with E-state index in [1.54, 1.807) is 23.7 Å². The van der Waals surface area contributed by atoms with Crippen molar-refractivity contribution in [2.75, 3.05) is 11.9 Å². The smallest absolute Gasteiger partial charge is 0.339 e. The minimum absolute atomic E-state index is 0.286. The molecular formula is C23H18N4O3. The summed E-state index contributed by atoms with van der Waals surface area (Å²) in [6.07, 6.45) is 3.05. The number of hydrogen-bond donors (Lipinski definition) is 1. The molecule has 0 fully saturated rings. The number of anilines is 2. The third-order valence-electron chi connectivity index (χ3n) is 4.35. The lowest BCUT2D eigenvalue weighted by molar-refractivity contribution is 0.0526. The fourth-order valence-electron chi connectivity index (χ4n) is 2.96. The molecular weight excluding hydrogens is 380 g/mol. The average Bonchev–Trinajstić information content (AvgIpc) is 3.21. The second kappa shape index (κ2) is 8.37. The molecule has 30 heavy (non-hydrogen) atoms. The Morgan fingerprint density at radius 2 is 1.87 bits per heavy atom. The number of carbonyl (C=O) groups excluding carboxylic acids is 1. The van der Waals surface area contributed by atoms with Crippen molar-refractivity contribution >= 4 is 28.5 Å². The van der Waals surface area contributed by atoms with Crippen molar-refractivity contribution in [1.29, 1.82) is 0 Å². The topological polar surface area (TPSA) is 69.2 Å². The van der Waals surface area contributed by atoms with Crippen molar-refractivity contribution < 1.29 is 14.3 Å². The molecule has 1 N–H and O–H groups in total. The molecule has 0 atom stereocenters. The highest BCUT2D eigenvalue weighted by molar-refractivity contribution is 5.95. The Hall–Kier alpha value is -4.31. The summed E-state index contributed by atoms with van der Waals surface area (Å²) in [5, 5.41) is 7.47. The Balaban J connectivity index is 1.62. The van der Waals surface area contributed by atoms with Gasteiger partial charge in [-0.3, -0.25) is 0 Å². The molecule has 2 aromatic heterocycles. The second-order valence-electron chi connectivity index (χ2n) is 6.36. The number of nitrogens with one attached hydrogen (secondary N) is 1. The summed E-state index contributed by atoms with van der Waals surface area (Å²) in [5.74, 6) is 1.02. The molecule has 0 radical (unpaired) electrons. The molecule has 4 aromatic rings. The van der Waals surface area contributed by atoms with Gasteiger partial charge in [0.25, 0.3) is 0 Å². The average molecular weight is 398 g/mol. The van der Waals surface area contributed by atoms with E-state index in [0.29, 0.717) is 28.2 Å². The number of fused-ring (bicyclic) bond motifs is 1. The van der Waals surface area contributed by atoms with E-state index in [2.05, 4.69) is 15.3 Å². The van der Waals surface area contributed by atoms with E-state index >= 15 is 0 Å². The van der Waals surface area contributed by atoms with Crippen LogP contribution in [-0.4, -0.2) is 22.2 Å². The largest absolute Gasteiger partial charge is 0.462 e. The molecule has 2 aromatic carbocycles. The van der Waals surface area contributed by atoms with E-state index in [-0.39, 0.29) is 6.61 Å². The van der Waals surface area contributed by atoms with Gasteiger partial charge in [-0.25, -0.2) is 14.2 Å². The molecule has 0 aliphatic carbocycles. The van der Waals surface area contributed by atoms with E-state index in [0.717, 1.165) is 11.4 Å². The summed E-state index contributed by atoms with van der Waals surface area (Å²) >= 11 is 0. The number of ether oxygens (including phenoxy) is 2. The van der Waals surface area contributed by atoms with Crippen LogP contribution in [0, 0.1) is 6.57 Å². The number of hydrogen-bond acceptors (Lipinski definition) is 5. The molecule has 148 valence electrons.